The van der Waals surface area contributed by atoms with Gasteiger partial charge >= 0.3 is 0 Å². The molecule has 0 N–H and O–H groups in total. The van der Waals surface area contributed by atoms with Gasteiger partial charge in [0.25, 0.3) is 0 Å². The summed E-state index contributed by atoms with van der Waals surface area (Å²) in [6, 6.07) is 14.2. The molecule has 1 heterocycles. The Bertz CT molecular complexity index is 645. The first kappa shape index (κ1) is 13.2. The van der Waals surface area contributed by atoms with Gasteiger partial charge in [0.15, 0.2) is 5.60 Å². The molecule has 4 heteroatoms. The largest absolute Gasteiger partial charge is 0.497 e. The Balaban J connectivity index is 1.95. The lowest BCUT2D eigenvalue weighted by atomic mass is 9.91. The van der Waals surface area contributed by atoms with E-state index in [1.807, 2.05) is 24.3 Å². The zero-order chi connectivity index (χ0) is 14.2. The molecule has 0 saturated carbocycles. The second kappa shape index (κ2) is 4.93. The predicted molar refractivity (Wildman–Crippen MR) is 76.4 cm³/mol. The predicted octanol–water partition coefficient (Wildman–Crippen LogP) is 3.46. The van der Waals surface area contributed by atoms with Crippen LogP contribution in [0.15, 0.2) is 48.5 Å². The van der Waals surface area contributed by atoms with Crippen LogP contribution in [0.25, 0.3) is 0 Å². The summed E-state index contributed by atoms with van der Waals surface area (Å²) in [5, 5.41) is 0.605. The van der Waals surface area contributed by atoms with Crippen molar-refractivity contribution in [3.8, 4) is 5.75 Å². The monoisotopic (exact) mass is 288 g/mol. The quantitative estimate of drug-likeness (QED) is 0.639. The summed E-state index contributed by atoms with van der Waals surface area (Å²) in [6.07, 6.45) is 0. The van der Waals surface area contributed by atoms with Crippen LogP contribution in [0.5, 0.6) is 5.75 Å². The topological polar surface area (TPSA) is 38.8 Å². The second-order valence-corrected chi connectivity index (χ2v) is 5.12. The molecule has 2 aromatic carbocycles. The van der Waals surface area contributed by atoms with Gasteiger partial charge in [-0.3, -0.25) is 4.79 Å². The van der Waals surface area contributed by atoms with E-state index < -0.39 is 5.60 Å². The van der Waals surface area contributed by atoms with Gasteiger partial charge in [0.05, 0.1) is 13.7 Å². The van der Waals surface area contributed by atoms with Crippen molar-refractivity contribution in [3.05, 3.63) is 64.7 Å². The fourth-order valence-corrected chi connectivity index (χ4v) is 2.34. The third-order valence-corrected chi connectivity index (χ3v) is 3.69. The number of methoxy groups -OCH3 is 1. The molecule has 3 rings (SSSR count). The van der Waals surface area contributed by atoms with Gasteiger partial charge in [0.1, 0.15) is 5.75 Å². The van der Waals surface area contributed by atoms with Gasteiger partial charge in [0, 0.05) is 10.6 Å². The van der Waals surface area contributed by atoms with E-state index in [0.717, 1.165) is 5.56 Å². The number of ketones is 1. The van der Waals surface area contributed by atoms with Gasteiger partial charge in [-0.2, -0.15) is 0 Å². The van der Waals surface area contributed by atoms with Gasteiger partial charge in [-0.05, 0) is 42.0 Å². The number of epoxide rings is 1. The molecule has 102 valence electrons. The third-order valence-electron chi connectivity index (χ3n) is 3.44. The molecule has 2 aromatic rings. The van der Waals surface area contributed by atoms with Crippen molar-refractivity contribution in [3.63, 3.8) is 0 Å². The summed E-state index contributed by atoms with van der Waals surface area (Å²) in [6.45, 7) is 0.391. The highest BCUT2D eigenvalue weighted by molar-refractivity contribution is 6.30. The van der Waals surface area contributed by atoms with Gasteiger partial charge < -0.3 is 9.47 Å². The molecular formula is C16H13ClO3. The molecule has 0 amide bonds. The molecule has 1 aliphatic heterocycles. The van der Waals surface area contributed by atoms with Crippen molar-refractivity contribution in [2.75, 3.05) is 13.7 Å². The van der Waals surface area contributed by atoms with Crippen LogP contribution in [0.3, 0.4) is 0 Å². The zero-order valence-electron chi connectivity index (χ0n) is 10.9. The number of carbonyl (C=O) groups is 1. The van der Waals surface area contributed by atoms with Crippen molar-refractivity contribution in [2.24, 2.45) is 0 Å². The van der Waals surface area contributed by atoms with Gasteiger partial charge in [0.2, 0.25) is 5.78 Å². The molecule has 0 spiro atoms. The summed E-state index contributed by atoms with van der Waals surface area (Å²) in [5.74, 6) is 0.656. The highest BCUT2D eigenvalue weighted by atomic mass is 35.5. The first-order valence-corrected chi connectivity index (χ1v) is 6.62. The number of benzene rings is 2. The minimum atomic E-state index is -0.873. The lowest BCUT2D eigenvalue weighted by Gasteiger charge is -2.12. The molecule has 1 saturated heterocycles. The molecule has 1 unspecified atom stereocenters. The van der Waals surface area contributed by atoms with E-state index in [-0.39, 0.29) is 5.78 Å². The molecule has 1 aliphatic rings. The Morgan fingerprint density at radius 1 is 1.25 bits per heavy atom. The van der Waals surface area contributed by atoms with E-state index in [9.17, 15) is 4.79 Å². The third kappa shape index (κ3) is 2.19. The highest BCUT2D eigenvalue weighted by Crippen LogP contribution is 2.42. The Morgan fingerprint density at radius 3 is 2.55 bits per heavy atom. The van der Waals surface area contributed by atoms with Crippen LogP contribution in [0, 0.1) is 0 Å². The Morgan fingerprint density at radius 2 is 1.95 bits per heavy atom. The number of rotatable bonds is 4. The molecule has 20 heavy (non-hydrogen) atoms. The summed E-state index contributed by atoms with van der Waals surface area (Å²) >= 11 is 5.84. The Hall–Kier alpha value is -1.84. The average molecular weight is 289 g/mol. The number of Topliss-reactive ketones (excluding diaryl/α,β-unsaturated/α-hetero) is 1. The molecule has 3 nitrogen and oxygen atoms in total. The molecule has 0 radical (unpaired) electrons. The Labute approximate surface area is 122 Å². The van der Waals surface area contributed by atoms with Gasteiger partial charge in [-0.15, -0.1) is 0 Å². The first-order valence-electron chi connectivity index (χ1n) is 6.24. The number of hydrogen-bond acceptors (Lipinski definition) is 3. The maximum absolute atomic E-state index is 12.6. The number of carbonyl (C=O) groups excluding carboxylic acids is 1. The lowest BCUT2D eigenvalue weighted by molar-refractivity contribution is 0.0870. The summed E-state index contributed by atoms with van der Waals surface area (Å²) < 4.78 is 10.7. The van der Waals surface area contributed by atoms with E-state index in [1.54, 1.807) is 31.4 Å². The van der Waals surface area contributed by atoms with Crippen LogP contribution >= 0.6 is 11.6 Å². The van der Waals surface area contributed by atoms with E-state index in [4.69, 9.17) is 21.1 Å². The molecule has 0 aromatic heterocycles. The lowest BCUT2D eigenvalue weighted by Crippen LogP contribution is -2.22. The van der Waals surface area contributed by atoms with Crippen molar-refractivity contribution in [1.29, 1.82) is 0 Å². The first-order chi connectivity index (χ1) is 9.65. The molecule has 0 bridgehead atoms. The second-order valence-electron chi connectivity index (χ2n) is 4.68. The van der Waals surface area contributed by atoms with Crippen LogP contribution < -0.4 is 4.74 Å². The number of ether oxygens (including phenoxy) is 2. The van der Waals surface area contributed by atoms with Crippen molar-refractivity contribution in [2.45, 2.75) is 5.60 Å². The molecule has 0 aliphatic carbocycles. The minimum absolute atomic E-state index is 0.0533. The van der Waals surface area contributed by atoms with Crippen LogP contribution in [0.4, 0.5) is 0 Å². The summed E-state index contributed by atoms with van der Waals surface area (Å²) in [7, 11) is 1.60. The molecule has 1 fully saturated rings. The SMILES string of the molecule is COc1cccc(C2(C(=O)c3ccc(Cl)cc3)CO2)c1. The van der Waals surface area contributed by atoms with Crippen LogP contribution in [0.2, 0.25) is 5.02 Å². The van der Waals surface area contributed by atoms with Crippen molar-refractivity contribution in [1.82, 2.24) is 0 Å². The number of hydrogen-bond donors (Lipinski definition) is 0. The average Bonchev–Trinajstić information content (AvgIpc) is 3.29. The molecular weight excluding hydrogens is 276 g/mol. The molecule has 1 atom stereocenters. The van der Waals surface area contributed by atoms with Crippen LogP contribution in [-0.2, 0) is 10.3 Å². The van der Waals surface area contributed by atoms with Crippen molar-refractivity contribution < 1.29 is 14.3 Å². The fraction of sp³-hybridized carbons (Fsp3) is 0.188. The maximum Gasteiger partial charge on any atom is 0.201 e. The van der Waals surface area contributed by atoms with Crippen LogP contribution in [-0.4, -0.2) is 19.5 Å². The van der Waals surface area contributed by atoms with E-state index in [1.165, 1.54) is 0 Å². The standard InChI is InChI=1S/C16H13ClO3/c1-19-14-4-2-3-12(9-14)16(10-20-16)15(18)11-5-7-13(17)8-6-11/h2-9H,10H2,1H3. The van der Waals surface area contributed by atoms with Gasteiger partial charge in [-0.1, -0.05) is 23.7 Å². The highest BCUT2D eigenvalue weighted by Gasteiger charge is 2.53. The Kier molecular flexibility index (Phi) is 3.24. The summed E-state index contributed by atoms with van der Waals surface area (Å²) in [5.41, 5.74) is 0.536. The zero-order valence-corrected chi connectivity index (χ0v) is 11.7. The normalized spacial score (nSPS) is 20.5. The van der Waals surface area contributed by atoms with Gasteiger partial charge in [-0.25, -0.2) is 0 Å². The number of halogens is 1. The summed E-state index contributed by atoms with van der Waals surface area (Å²) in [4.78, 5) is 12.6. The van der Waals surface area contributed by atoms with Crippen molar-refractivity contribution >= 4 is 17.4 Å². The minimum Gasteiger partial charge on any atom is -0.497 e. The van der Waals surface area contributed by atoms with E-state index >= 15 is 0 Å². The van der Waals surface area contributed by atoms with E-state index in [0.29, 0.717) is 22.9 Å². The fourth-order valence-electron chi connectivity index (χ4n) is 2.21. The smallest absolute Gasteiger partial charge is 0.201 e. The van der Waals surface area contributed by atoms with Crippen LogP contribution in [0.1, 0.15) is 15.9 Å². The van der Waals surface area contributed by atoms with E-state index in [2.05, 4.69) is 0 Å². The maximum atomic E-state index is 12.6.